The second kappa shape index (κ2) is 6.80. The number of rotatable bonds is 4. The Kier molecular flexibility index (Phi) is 4.74. The molecule has 2 aromatic rings. The van der Waals surface area contributed by atoms with E-state index in [1.165, 1.54) is 16.7 Å². The Bertz CT molecular complexity index is 715. The summed E-state index contributed by atoms with van der Waals surface area (Å²) in [5, 5.41) is 7.30. The highest BCUT2D eigenvalue weighted by atomic mass is 16.2. The van der Waals surface area contributed by atoms with E-state index in [2.05, 4.69) is 53.2 Å². The molecule has 4 heteroatoms. The van der Waals surface area contributed by atoms with E-state index in [1.54, 1.807) is 0 Å². The van der Waals surface area contributed by atoms with Crippen LogP contribution in [-0.2, 0) is 17.8 Å². The first-order chi connectivity index (χ1) is 11.5. The topological polar surface area (TPSA) is 49.0 Å². The minimum atomic E-state index is 0.186. The summed E-state index contributed by atoms with van der Waals surface area (Å²) < 4.78 is 0. The van der Waals surface area contributed by atoms with Crippen molar-refractivity contribution in [3.05, 3.63) is 52.3 Å². The van der Waals surface area contributed by atoms with E-state index in [1.807, 2.05) is 13.8 Å². The summed E-state index contributed by atoms with van der Waals surface area (Å²) in [7, 11) is 0. The Morgan fingerprint density at radius 3 is 2.67 bits per heavy atom. The minimum Gasteiger partial charge on any atom is -0.335 e. The first-order valence-corrected chi connectivity index (χ1v) is 8.89. The smallest absolute Gasteiger partial charge is 0.223 e. The number of aromatic nitrogens is 2. The summed E-state index contributed by atoms with van der Waals surface area (Å²) in [6, 6.07) is 8.81. The number of carbonyl (C=O) groups is 1. The molecule has 2 unspecified atom stereocenters. The van der Waals surface area contributed by atoms with Gasteiger partial charge in [-0.15, -0.1) is 0 Å². The lowest BCUT2D eigenvalue weighted by Gasteiger charge is -2.37. The van der Waals surface area contributed by atoms with E-state index in [0.717, 1.165) is 30.8 Å². The summed E-state index contributed by atoms with van der Waals surface area (Å²) in [6.07, 6.45) is 2.51. The van der Waals surface area contributed by atoms with E-state index in [0.29, 0.717) is 12.5 Å². The maximum Gasteiger partial charge on any atom is 0.223 e. The molecule has 1 aromatic heterocycles. The number of aryl methyl sites for hydroxylation is 2. The number of nitrogens with one attached hydrogen (secondary N) is 1. The van der Waals surface area contributed by atoms with Crippen molar-refractivity contribution in [2.24, 2.45) is 0 Å². The molecule has 1 aliphatic rings. The van der Waals surface area contributed by atoms with Crippen LogP contribution in [0.3, 0.4) is 0 Å². The Morgan fingerprint density at radius 1 is 1.33 bits per heavy atom. The number of amides is 1. The zero-order valence-electron chi connectivity index (χ0n) is 15.1. The number of H-pyrrole nitrogens is 1. The van der Waals surface area contributed by atoms with Crippen molar-refractivity contribution in [3.8, 4) is 0 Å². The summed E-state index contributed by atoms with van der Waals surface area (Å²) >= 11 is 0. The van der Waals surface area contributed by atoms with E-state index >= 15 is 0 Å². The lowest BCUT2D eigenvalue weighted by molar-refractivity contribution is -0.135. The van der Waals surface area contributed by atoms with Gasteiger partial charge >= 0.3 is 0 Å². The van der Waals surface area contributed by atoms with Gasteiger partial charge in [0.05, 0.1) is 5.69 Å². The van der Waals surface area contributed by atoms with Gasteiger partial charge in [-0.2, -0.15) is 5.10 Å². The summed E-state index contributed by atoms with van der Waals surface area (Å²) in [5.41, 5.74) is 5.95. The Hall–Kier alpha value is -2.10. The van der Waals surface area contributed by atoms with Crippen LogP contribution in [0.4, 0.5) is 0 Å². The molecule has 3 rings (SSSR count). The van der Waals surface area contributed by atoms with Crippen LogP contribution >= 0.6 is 0 Å². The monoisotopic (exact) mass is 325 g/mol. The van der Waals surface area contributed by atoms with E-state index in [-0.39, 0.29) is 11.8 Å². The molecule has 0 aliphatic carbocycles. The van der Waals surface area contributed by atoms with Gasteiger partial charge in [0.1, 0.15) is 0 Å². The second-order valence-electron chi connectivity index (χ2n) is 7.01. The quantitative estimate of drug-likeness (QED) is 0.927. The zero-order chi connectivity index (χ0) is 17.3. The molecule has 0 saturated heterocycles. The Labute approximate surface area is 144 Å². The molecule has 2 atom stereocenters. The first-order valence-electron chi connectivity index (χ1n) is 8.89. The van der Waals surface area contributed by atoms with Crippen LogP contribution in [0, 0.1) is 13.8 Å². The van der Waals surface area contributed by atoms with Gasteiger partial charge < -0.3 is 4.90 Å². The molecule has 0 fully saturated rings. The molecule has 128 valence electrons. The maximum absolute atomic E-state index is 13.0. The first kappa shape index (κ1) is 16.7. The van der Waals surface area contributed by atoms with Crippen LogP contribution < -0.4 is 0 Å². The zero-order valence-corrected chi connectivity index (χ0v) is 15.1. The molecule has 1 aliphatic heterocycles. The summed E-state index contributed by atoms with van der Waals surface area (Å²) in [6.45, 7) is 9.08. The van der Waals surface area contributed by atoms with E-state index < -0.39 is 0 Å². The fourth-order valence-corrected chi connectivity index (χ4v) is 4.01. The Balaban J connectivity index is 1.77. The predicted octanol–water partition coefficient (Wildman–Crippen LogP) is 3.88. The van der Waals surface area contributed by atoms with Crippen LogP contribution in [0.1, 0.15) is 60.7 Å². The summed E-state index contributed by atoms with van der Waals surface area (Å²) in [4.78, 5) is 15.1. The van der Waals surface area contributed by atoms with Crippen LogP contribution in [0.15, 0.2) is 24.3 Å². The van der Waals surface area contributed by atoms with Gasteiger partial charge in [-0.1, -0.05) is 38.1 Å². The largest absolute Gasteiger partial charge is 0.335 e. The highest BCUT2D eigenvalue weighted by Crippen LogP contribution is 2.29. The van der Waals surface area contributed by atoms with Crippen LogP contribution in [-0.4, -0.2) is 27.0 Å². The van der Waals surface area contributed by atoms with Gasteiger partial charge in [0.15, 0.2) is 0 Å². The molecule has 0 spiro atoms. The standard InChI is InChI=1S/C20H27N3O/c1-5-18-11-16-8-6-7-9-17(16)12-23(18)19(24)10-13(2)20-14(3)21-22-15(20)4/h6-9,13,18H,5,10-12H2,1-4H3,(H,21,22). The SMILES string of the molecule is CCC1Cc2ccccc2CN1C(=O)CC(C)c1c(C)n[nH]c1C. The van der Waals surface area contributed by atoms with Crippen molar-refractivity contribution in [3.63, 3.8) is 0 Å². The van der Waals surface area contributed by atoms with E-state index in [4.69, 9.17) is 0 Å². The van der Waals surface area contributed by atoms with Crippen LogP contribution in [0.2, 0.25) is 0 Å². The van der Waals surface area contributed by atoms with Crippen molar-refractivity contribution in [2.45, 2.75) is 65.5 Å². The maximum atomic E-state index is 13.0. The van der Waals surface area contributed by atoms with E-state index in [9.17, 15) is 4.79 Å². The van der Waals surface area contributed by atoms with Crippen LogP contribution in [0.5, 0.6) is 0 Å². The third-order valence-corrected chi connectivity index (χ3v) is 5.31. The number of aromatic amines is 1. The molecule has 0 bridgehead atoms. The van der Waals surface area contributed by atoms with Gasteiger partial charge in [0.25, 0.3) is 0 Å². The molecule has 1 N–H and O–H groups in total. The Morgan fingerprint density at radius 2 is 2.04 bits per heavy atom. The van der Waals surface area contributed by atoms with Crippen molar-refractivity contribution in [2.75, 3.05) is 0 Å². The fourth-order valence-electron chi connectivity index (χ4n) is 4.01. The highest BCUT2D eigenvalue weighted by Gasteiger charge is 2.29. The third-order valence-electron chi connectivity index (χ3n) is 5.31. The lowest BCUT2D eigenvalue weighted by Crippen LogP contribution is -2.44. The average molecular weight is 325 g/mol. The molecule has 0 saturated carbocycles. The minimum absolute atomic E-state index is 0.186. The molecular formula is C20H27N3O. The van der Waals surface area contributed by atoms with Gasteiger partial charge in [-0.25, -0.2) is 0 Å². The molecule has 4 nitrogen and oxygen atoms in total. The molecule has 1 amide bonds. The highest BCUT2D eigenvalue weighted by molar-refractivity contribution is 5.78. The van der Waals surface area contributed by atoms with Gasteiger partial charge in [0.2, 0.25) is 5.91 Å². The molecular weight excluding hydrogens is 298 g/mol. The number of hydrogen-bond acceptors (Lipinski definition) is 2. The fraction of sp³-hybridized carbons (Fsp3) is 0.500. The van der Waals surface area contributed by atoms with Gasteiger partial charge in [-0.05, 0) is 49.3 Å². The molecule has 24 heavy (non-hydrogen) atoms. The molecule has 2 heterocycles. The lowest BCUT2D eigenvalue weighted by atomic mass is 9.90. The number of fused-ring (bicyclic) bond motifs is 1. The number of nitrogens with zero attached hydrogens (tertiary/aromatic N) is 2. The normalized spacial score (nSPS) is 18.3. The second-order valence-corrected chi connectivity index (χ2v) is 7.01. The number of carbonyl (C=O) groups excluding carboxylic acids is 1. The van der Waals surface area contributed by atoms with Crippen molar-refractivity contribution in [1.82, 2.24) is 15.1 Å². The van der Waals surface area contributed by atoms with Gasteiger partial charge in [0, 0.05) is 24.7 Å². The number of hydrogen-bond donors (Lipinski definition) is 1. The average Bonchev–Trinajstić information content (AvgIpc) is 2.92. The van der Waals surface area contributed by atoms with Crippen LogP contribution in [0.25, 0.3) is 0 Å². The summed E-state index contributed by atoms with van der Waals surface area (Å²) in [5.74, 6) is 0.440. The van der Waals surface area contributed by atoms with Crippen molar-refractivity contribution >= 4 is 5.91 Å². The van der Waals surface area contributed by atoms with Crippen molar-refractivity contribution < 1.29 is 4.79 Å². The molecule has 0 radical (unpaired) electrons. The van der Waals surface area contributed by atoms with Crippen molar-refractivity contribution in [1.29, 1.82) is 0 Å². The van der Waals surface area contributed by atoms with Gasteiger partial charge in [-0.3, -0.25) is 9.89 Å². The third kappa shape index (κ3) is 3.10. The predicted molar refractivity (Wildman–Crippen MR) is 95.9 cm³/mol. The number of benzene rings is 1. The molecule has 1 aromatic carbocycles.